The molecule has 0 aliphatic heterocycles. The molecule has 0 spiro atoms. The summed E-state index contributed by atoms with van der Waals surface area (Å²) in [6.45, 7) is 2.92. The van der Waals surface area contributed by atoms with E-state index in [0.29, 0.717) is 5.56 Å². The Kier molecular flexibility index (Phi) is 9.38. The number of rotatable bonds is 12. The van der Waals surface area contributed by atoms with Crippen molar-refractivity contribution in [1.82, 2.24) is 4.90 Å². The summed E-state index contributed by atoms with van der Waals surface area (Å²) in [5, 5.41) is 32.1. The summed E-state index contributed by atoms with van der Waals surface area (Å²) in [7, 11) is -4.06. The van der Waals surface area contributed by atoms with Crippen LogP contribution in [0.15, 0.2) is 48.5 Å². The number of amides is 1. The van der Waals surface area contributed by atoms with E-state index in [4.69, 9.17) is 9.05 Å². The molecule has 34 heavy (non-hydrogen) atoms. The summed E-state index contributed by atoms with van der Waals surface area (Å²) in [6, 6.07) is 12.9. The fraction of sp³-hybridized carbons (Fsp3) is 0.333. The first-order valence-corrected chi connectivity index (χ1v) is 11.8. The molecular weight excluding hydrogens is 467 g/mol. The van der Waals surface area contributed by atoms with Gasteiger partial charge in [-0.15, -0.1) is 0 Å². The molecule has 0 aliphatic carbocycles. The predicted octanol–water partition coefficient (Wildman–Crippen LogP) is 4.65. The van der Waals surface area contributed by atoms with Crippen LogP contribution in [0.3, 0.4) is 0 Å². The third kappa shape index (κ3) is 6.45. The molecule has 1 atom stereocenters. The molecule has 180 valence electrons. The minimum atomic E-state index is -4.06. The average molecular weight is 490 g/mol. The predicted molar refractivity (Wildman–Crippen MR) is 121 cm³/mol. The lowest BCUT2D eigenvalue weighted by molar-refractivity contribution is -0.394. The number of hydrogen-bond donors (Lipinski definition) is 0. The summed E-state index contributed by atoms with van der Waals surface area (Å²) in [4.78, 5) is 35.6. The molecule has 2 aromatic rings. The van der Waals surface area contributed by atoms with Crippen molar-refractivity contribution in [3.8, 4) is 6.07 Å². The third-order valence-corrected chi connectivity index (χ3v) is 7.07. The van der Waals surface area contributed by atoms with Crippen molar-refractivity contribution in [2.45, 2.75) is 32.6 Å². The van der Waals surface area contributed by atoms with E-state index in [1.54, 1.807) is 44.2 Å². The number of nitriles is 1. The van der Waals surface area contributed by atoms with Gasteiger partial charge in [0.2, 0.25) is 0 Å². The normalized spacial score (nSPS) is 11.9. The molecule has 0 aliphatic rings. The molecule has 0 saturated carbocycles. The lowest BCUT2D eigenvalue weighted by Gasteiger charge is -2.34. The Labute approximate surface area is 195 Å². The van der Waals surface area contributed by atoms with Gasteiger partial charge < -0.3 is 13.9 Å². The fourth-order valence-corrected chi connectivity index (χ4v) is 5.20. The Morgan fingerprint density at radius 2 is 1.59 bits per heavy atom. The molecule has 0 N–H and O–H groups in total. The van der Waals surface area contributed by atoms with Crippen LogP contribution >= 0.6 is 7.60 Å². The van der Waals surface area contributed by atoms with Crippen molar-refractivity contribution in [3.05, 3.63) is 79.9 Å². The van der Waals surface area contributed by atoms with Gasteiger partial charge in [-0.2, -0.15) is 5.26 Å². The van der Waals surface area contributed by atoms with E-state index in [9.17, 15) is 34.9 Å². The lowest BCUT2D eigenvalue weighted by atomic mass is 10.1. The summed E-state index contributed by atoms with van der Waals surface area (Å²) in [6.07, 6.45) is -0.438. The highest BCUT2D eigenvalue weighted by Gasteiger charge is 2.42. The largest absolute Gasteiger partial charge is 0.354 e. The Hall–Kier alpha value is -3.65. The standard InChI is InChI=1S/C21H23N4O8P/c1-3-32-34(31,33-4-2)20(10-11-22)23(15-16-8-6-5-7-9-16)21(26)17-12-18(24(27)28)14-19(13-17)25(29)30/h5-9,12-14,20H,3-4,10,15H2,1-2H3/t20-/m1/s1. The maximum absolute atomic E-state index is 13.6. The van der Waals surface area contributed by atoms with E-state index in [-0.39, 0.29) is 25.3 Å². The number of carbonyl (C=O) groups excluding carboxylic acids is 1. The molecule has 0 aromatic heterocycles. The maximum atomic E-state index is 13.6. The number of nitro groups is 2. The van der Waals surface area contributed by atoms with E-state index in [2.05, 4.69) is 0 Å². The monoisotopic (exact) mass is 490 g/mol. The number of carbonyl (C=O) groups is 1. The molecule has 0 radical (unpaired) electrons. The number of nitro benzene ring substituents is 2. The van der Waals surface area contributed by atoms with Gasteiger partial charge >= 0.3 is 7.60 Å². The molecule has 0 bridgehead atoms. The van der Waals surface area contributed by atoms with Gasteiger partial charge in [-0.1, -0.05) is 30.3 Å². The van der Waals surface area contributed by atoms with Crippen molar-refractivity contribution >= 4 is 24.9 Å². The molecule has 1 amide bonds. The Bertz CT molecular complexity index is 1090. The number of nitrogens with zero attached hydrogens (tertiary/aromatic N) is 4. The Balaban J connectivity index is 2.69. The molecule has 0 fully saturated rings. The molecule has 13 heteroatoms. The first-order chi connectivity index (χ1) is 16.2. The van der Waals surface area contributed by atoms with Gasteiger partial charge in [0.1, 0.15) is 5.78 Å². The van der Waals surface area contributed by atoms with E-state index in [1.165, 1.54) is 0 Å². The molecule has 12 nitrogen and oxygen atoms in total. The number of benzene rings is 2. The van der Waals surface area contributed by atoms with Crippen LogP contribution in [-0.2, 0) is 20.2 Å². The van der Waals surface area contributed by atoms with Gasteiger partial charge in [-0.25, -0.2) is 0 Å². The summed E-state index contributed by atoms with van der Waals surface area (Å²) >= 11 is 0. The van der Waals surface area contributed by atoms with Crippen LogP contribution < -0.4 is 0 Å². The van der Waals surface area contributed by atoms with Crippen LogP contribution in [0.4, 0.5) is 11.4 Å². The van der Waals surface area contributed by atoms with Gasteiger partial charge in [0.15, 0.2) is 0 Å². The first-order valence-electron chi connectivity index (χ1n) is 10.2. The van der Waals surface area contributed by atoms with Gasteiger partial charge in [-0.3, -0.25) is 29.6 Å². The minimum absolute atomic E-state index is 0.0329. The minimum Gasteiger partial charge on any atom is -0.319 e. The van der Waals surface area contributed by atoms with Crippen LogP contribution in [0.1, 0.15) is 36.2 Å². The summed E-state index contributed by atoms with van der Waals surface area (Å²) in [5.74, 6) is -2.28. The molecule has 2 rings (SSSR count). The van der Waals surface area contributed by atoms with Gasteiger partial charge in [0.25, 0.3) is 17.3 Å². The van der Waals surface area contributed by atoms with Crippen LogP contribution in [0, 0.1) is 31.6 Å². The summed E-state index contributed by atoms with van der Waals surface area (Å²) < 4.78 is 24.4. The third-order valence-electron chi connectivity index (χ3n) is 4.64. The highest BCUT2D eigenvalue weighted by molar-refractivity contribution is 7.54. The van der Waals surface area contributed by atoms with E-state index in [1.807, 2.05) is 6.07 Å². The second-order valence-electron chi connectivity index (χ2n) is 6.89. The van der Waals surface area contributed by atoms with E-state index in [0.717, 1.165) is 23.1 Å². The SMILES string of the molecule is CCOP(=O)(OCC)[C@H](CC#N)N(Cc1ccccc1)C(=O)c1cc([N+](=O)[O-])cc([N+](=O)[O-])c1. The maximum Gasteiger partial charge on any atom is 0.354 e. The first kappa shape index (κ1) is 26.6. The fourth-order valence-electron chi connectivity index (χ4n) is 3.23. The molecular formula is C21H23N4O8P. The zero-order chi connectivity index (χ0) is 25.3. The zero-order valence-corrected chi connectivity index (χ0v) is 19.4. The van der Waals surface area contributed by atoms with Gasteiger partial charge in [0, 0.05) is 18.7 Å². The van der Waals surface area contributed by atoms with Crippen LogP contribution in [0.5, 0.6) is 0 Å². The Morgan fingerprint density at radius 3 is 2.03 bits per heavy atom. The van der Waals surface area contributed by atoms with E-state index >= 15 is 0 Å². The zero-order valence-electron chi connectivity index (χ0n) is 18.5. The summed E-state index contributed by atoms with van der Waals surface area (Å²) in [5.41, 5.74) is -1.10. The number of hydrogen-bond acceptors (Lipinski definition) is 9. The van der Waals surface area contributed by atoms with Crippen molar-refractivity contribution < 1.29 is 28.3 Å². The van der Waals surface area contributed by atoms with Crippen LogP contribution in [-0.4, -0.2) is 39.7 Å². The highest BCUT2D eigenvalue weighted by Crippen LogP contribution is 2.55. The van der Waals surface area contributed by atoms with Gasteiger partial charge in [0.05, 0.1) is 47.2 Å². The van der Waals surface area contributed by atoms with Crippen molar-refractivity contribution in [1.29, 1.82) is 5.26 Å². The van der Waals surface area contributed by atoms with Crippen molar-refractivity contribution in [2.75, 3.05) is 13.2 Å². The second kappa shape index (κ2) is 12.0. The highest BCUT2D eigenvalue weighted by atomic mass is 31.2. The van der Waals surface area contributed by atoms with Gasteiger partial charge in [-0.05, 0) is 19.4 Å². The molecule has 2 aromatic carbocycles. The Morgan fingerprint density at radius 1 is 1.06 bits per heavy atom. The smallest absolute Gasteiger partial charge is 0.319 e. The van der Waals surface area contributed by atoms with E-state index < -0.39 is 46.9 Å². The van der Waals surface area contributed by atoms with Crippen LogP contribution in [0.2, 0.25) is 0 Å². The second-order valence-corrected chi connectivity index (χ2v) is 9.08. The molecule has 0 unspecified atom stereocenters. The van der Waals surface area contributed by atoms with Crippen molar-refractivity contribution in [2.24, 2.45) is 0 Å². The van der Waals surface area contributed by atoms with Crippen molar-refractivity contribution in [3.63, 3.8) is 0 Å². The number of non-ortho nitro benzene ring substituents is 2. The average Bonchev–Trinajstić information content (AvgIpc) is 2.81. The molecule has 0 heterocycles. The van der Waals surface area contributed by atoms with Crippen LogP contribution in [0.25, 0.3) is 0 Å². The topological polar surface area (TPSA) is 166 Å². The molecule has 0 saturated heterocycles. The lowest BCUT2D eigenvalue weighted by Crippen LogP contribution is -2.40. The quantitative estimate of drug-likeness (QED) is 0.234.